The first-order valence-corrected chi connectivity index (χ1v) is 6.62. The van der Waals surface area contributed by atoms with Gasteiger partial charge in [-0.15, -0.1) is 0 Å². The molecule has 1 saturated heterocycles. The summed E-state index contributed by atoms with van der Waals surface area (Å²) in [5.41, 5.74) is 2.50. The summed E-state index contributed by atoms with van der Waals surface area (Å²) in [6.45, 7) is 6.52. The summed E-state index contributed by atoms with van der Waals surface area (Å²) in [4.78, 5) is 18.8. The zero-order valence-corrected chi connectivity index (χ0v) is 11.3. The minimum Gasteiger partial charge on any atom is -0.332 e. The van der Waals surface area contributed by atoms with Crippen LogP contribution in [0.15, 0.2) is 24.5 Å². The summed E-state index contributed by atoms with van der Waals surface area (Å²) >= 11 is 0. The van der Waals surface area contributed by atoms with Crippen molar-refractivity contribution in [2.45, 2.75) is 19.9 Å². The van der Waals surface area contributed by atoms with Crippen LogP contribution in [0.2, 0.25) is 0 Å². The Hall–Kier alpha value is -1.88. The van der Waals surface area contributed by atoms with Gasteiger partial charge in [-0.2, -0.15) is 0 Å². The molecular formula is C14H18N4O. The number of aromatic nitrogens is 2. The Kier molecular flexibility index (Phi) is 2.98. The van der Waals surface area contributed by atoms with E-state index in [1.807, 2.05) is 40.8 Å². The van der Waals surface area contributed by atoms with E-state index in [1.165, 1.54) is 0 Å². The molecule has 1 aliphatic heterocycles. The second-order valence-corrected chi connectivity index (χ2v) is 5.15. The molecule has 1 fully saturated rings. The molecule has 100 valence electrons. The lowest BCUT2D eigenvalue weighted by Gasteiger charge is -2.33. The average molecular weight is 258 g/mol. The first-order chi connectivity index (χ1) is 9.15. The second-order valence-electron chi connectivity index (χ2n) is 5.15. The molecule has 3 rings (SSSR count). The van der Waals surface area contributed by atoms with Crippen molar-refractivity contribution in [3.05, 3.63) is 35.8 Å². The highest BCUT2D eigenvalue weighted by molar-refractivity contribution is 5.93. The molecule has 1 amide bonds. The summed E-state index contributed by atoms with van der Waals surface area (Å²) in [5.74, 6) is 0.0235. The predicted molar refractivity (Wildman–Crippen MR) is 73.3 cm³/mol. The molecule has 5 nitrogen and oxygen atoms in total. The van der Waals surface area contributed by atoms with E-state index in [0.717, 1.165) is 30.8 Å². The van der Waals surface area contributed by atoms with Crippen molar-refractivity contribution < 1.29 is 4.79 Å². The van der Waals surface area contributed by atoms with Crippen LogP contribution in [0.25, 0.3) is 5.65 Å². The van der Waals surface area contributed by atoms with Gasteiger partial charge in [0.05, 0.1) is 0 Å². The Morgan fingerprint density at radius 1 is 1.53 bits per heavy atom. The van der Waals surface area contributed by atoms with Gasteiger partial charge in [0, 0.05) is 38.1 Å². The average Bonchev–Trinajstić information content (AvgIpc) is 2.81. The lowest BCUT2D eigenvalue weighted by Crippen LogP contribution is -2.52. The smallest absolute Gasteiger partial charge is 0.274 e. The molecule has 3 heterocycles. The topological polar surface area (TPSA) is 49.6 Å². The number of nitrogens with zero attached hydrogens (tertiary/aromatic N) is 3. The zero-order valence-electron chi connectivity index (χ0n) is 11.3. The van der Waals surface area contributed by atoms with Gasteiger partial charge in [0.25, 0.3) is 5.91 Å². The van der Waals surface area contributed by atoms with Crippen LogP contribution in [0.1, 0.15) is 23.0 Å². The Morgan fingerprint density at radius 2 is 2.37 bits per heavy atom. The van der Waals surface area contributed by atoms with E-state index >= 15 is 0 Å². The van der Waals surface area contributed by atoms with E-state index in [1.54, 1.807) is 0 Å². The third kappa shape index (κ3) is 2.21. The molecule has 5 heteroatoms. The number of piperazine rings is 1. The molecule has 2 aromatic rings. The SMILES string of the molecule is Cc1ccn2cc(C(=O)N3CCNC[C@@H]3C)nc2c1. The van der Waals surface area contributed by atoms with E-state index in [0.29, 0.717) is 5.69 Å². The van der Waals surface area contributed by atoms with Gasteiger partial charge >= 0.3 is 0 Å². The Bertz CT molecular complexity index is 619. The zero-order chi connectivity index (χ0) is 13.4. The van der Waals surface area contributed by atoms with Crippen molar-refractivity contribution in [1.82, 2.24) is 19.6 Å². The molecule has 2 aromatic heterocycles. The number of nitrogens with one attached hydrogen (secondary N) is 1. The molecule has 0 aliphatic carbocycles. The number of carbonyl (C=O) groups is 1. The van der Waals surface area contributed by atoms with Crippen molar-refractivity contribution in [2.75, 3.05) is 19.6 Å². The Balaban J connectivity index is 1.92. The van der Waals surface area contributed by atoms with Gasteiger partial charge in [-0.25, -0.2) is 4.98 Å². The molecule has 0 aromatic carbocycles. The molecule has 1 N–H and O–H groups in total. The standard InChI is InChI=1S/C14H18N4O/c1-10-3-5-17-9-12(16-13(17)7-10)14(19)18-6-4-15-8-11(18)2/h3,5,7,9,11,15H,4,6,8H2,1-2H3/t11-/m0/s1. The van der Waals surface area contributed by atoms with E-state index in [4.69, 9.17) is 0 Å². The fraction of sp³-hybridized carbons (Fsp3) is 0.429. The number of pyridine rings is 1. The maximum Gasteiger partial charge on any atom is 0.274 e. The molecule has 0 spiro atoms. The highest BCUT2D eigenvalue weighted by Gasteiger charge is 2.25. The Morgan fingerprint density at radius 3 is 3.16 bits per heavy atom. The molecule has 1 atom stereocenters. The van der Waals surface area contributed by atoms with Crippen molar-refractivity contribution in [2.24, 2.45) is 0 Å². The normalized spacial score (nSPS) is 19.9. The van der Waals surface area contributed by atoms with Crippen LogP contribution in [0.4, 0.5) is 0 Å². The number of imidazole rings is 1. The first kappa shape index (κ1) is 12.2. The van der Waals surface area contributed by atoms with Gasteiger partial charge in [0.15, 0.2) is 0 Å². The van der Waals surface area contributed by atoms with Crippen LogP contribution >= 0.6 is 0 Å². The number of fused-ring (bicyclic) bond motifs is 1. The number of hydrogen-bond acceptors (Lipinski definition) is 3. The molecule has 0 radical (unpaired) electrons. The molecule has 1 aliphatic rings. The third-order valence-corrected chi connectivity index (χ3v) is 3.60. The summed E-state index contributed by atoms with van der Waals surface area (Å²) in [6.07, 6.45) is 3.75. The third-order valence-electron chi connectivity index (χ3n) is 3.60. The Labute approximate surface area is 112 Å². The van der Waals surface area contributed by atoms with E-state index in [9.17, 15) is 4.79 Å². The van der Waals surface area contributed by atoms with E-state index in [2.05, 4.69) is 17.2 Å². The lowest BCUT2D eigenvalue weighted by molar-refractivity contribution is 0.0650. The van der Waals surface area contributed by atoms with Gasteiger partial charge in [0.2, 0.25) is 0 Å². The number of hydrogen-bond donors (Lipinski definition) is 1. The number of carbonyl (C=O) groups excluding carboxylic acids is 1. The van der Waals surface area contributed by atoms with Crippen molar-refractivity contribution in [3.8, 4) is 0 Å². The second kappa shape index (κ2) is 4.66. The molecular weight excluding hydrogens is 240 g/mol. The van der Waals surface area contributed by atoms with Gasteiger partial charge in [-0.1, -0.05) is 0 Å². The maximum absolute atomic E-state index is 12.5. The van der Waals surface area contributed by atoms with Crippen LogP contribution in [0.5, 0.6) is 0 Å². The monoisotopic (exact) mass is 258 g/mol. The van der Waals surface area contributed by atoms with Crippen LogP contribution < -0.4 is 5.32 Å². The summed E-state index contributed by atoms with van der Waals surface area (Å²) < 4.78 is 1.90. The number of amides is 1. The highest BCUT2D eigenvalue weighted by Crippen LogP contribution is 2.12. The van der Waals surface area contributed by atoms with Crippen molar-refractivity contribution in [1.29, 1.82) is 0 Å². The van der Waals surface area contributed by atoms with Crippen LogP contribution in [-0.2, 0) is 0 Å². The summed E-state index contributed by atoms with van der Waals surface area (Å²) in [7, 11) is 0. The van der Waals surface area contributed by atoms with Gasteiger partial charge in [-0.05, 0) is 31.5 Å². The molecule has 19 heavy (non-hydrogen) atoms. The predicted octanol–water partition coefficient (Wildman–Crippen LogP) is 1.08. The quantitative estimate of drug-likeness (QED) is 0.832. The van der Waals surface area contributed by atoms with Crippen molar-refractivity contribution in [3.63, 3.8) is 0 Å². The minimum absolute atomic E-state index is 0.0235. The summed E-state index contributed by atoms with van der Waals surface area (Å²) in [5, 5.41) is 3.29. The van der Waals surface area contributed by atoms with Crippen molar-refractivity contribution >= 4 is 11.6 Å². The summed E-state index contributed by atoms with van der Waals surface area (Å²) in [6, 6.07) is 4.21. The van der Waals surface area contributed by atoms with Gasteiger partial charge in [-0.3, -0.25) is 4.79 Å². The maximum atomic E-state index is 12.5. The van der Waals surface area contributed by atoms with Crippen LogP contribution in [-0.4, -0.2) is 45.9 Å². The van der Waals surface area contributed by atoms with Gasteiger partial charge < -0.3 is 14.6 Å². The van der Waals surface area contributed by atoms with Crippen LogP contribution in [0.3, 0.4) is 0 Å². The number of rotatable bonds is 1. The molecule has 0 bridgehead atoms. The highest BCUT2D eigenvalue weighted by atomic mass is 16.2. The lowest BCUT2D eigenvalue weighted by atomic mass is 10.2. The van der Waals surface area contributed by atoms with Gasteiger partial charge in [0.1, 0.15) is 11.3 Å². The minimum atomic E-state index is 0.0235. The first-order valence-electron chi connectivity index (χ1n) is 6.62. The van der Waals surface area contributed by atoms with E-state index < -0.39 is 0 Å². The molecule has 0 unspecified atom stereocenters. The van der Waals surface area contributed by atoms with E-state index in [-0.39, 0.29) is 11.9 Å². The fourth-order valence-electron chi connectivity index (χ4n) is 2.48. The van der Waals surface area contributed by atoms with Crippen LogP contribution in [0, 0.1) is 6.92 Å². The fourth-order valence-corrected chi connectivity index (χ4v) is 2.48. The molecule has 0 saturated carbocycles. The largest absolute Gasteiger partial charge is 0.332 e. The number of aryl methyl sites for hydroxylation is 1.